The summed E-state index contributed by atoms with van der Waals surface area (Å²) in [6, 6.07) is 20.8. The summed E-state index contributed by atoms with van der Waals surface area (Å²) in [5.41, 5.74) is 6.83. The van der Waals surface area contributed by atoms with E-state index in [0.717, 1.165) is 86.5 Å². The number of aromatic nitrogens is 3. The third-order valence-electron chi connectivity index (χ3n) is 7.92. The number of aryl methyl sites for hydroxylation is 3. The number of halogens is 1. The van der Waals surface area contributed by atoms with Crippen LogP contribution in [0.25, 0.3) is 32.8 Å². The summed E-state index contributed by atoms with van der Waals surface area (Å²) in [6.45, 7) is 4.56. The first-order valence-corrected chi connectivity index (χ1v) is 15.9. The lowest BCUT2D eigenvalue weighted by Crippen LogP contribution is -2.15. The summed E-state index contributed by atoms with van der Waals surface area (Å²) in [5, 5.41) is 12.1. The Morgan fingerprint density at radius 3 is 2.76 bits per heavy atom. The average molecular weight is 631 g/mol. The Morgan fingerprint density at radius 1 is 1.05 bits per heavy atom. The minimum absolute atomic E-state index is 0.274. The highest BCUT2D eigenvalue weighted by Gasteiger charge is 2.27. The number of carbonyl (C=O) groups excluding carboxylic acids is 1. The first-order valence-electron chi connectivity index (χ1n) is 14.8. The first kappa shape index (κ1) is 28.5. The third kappa shape index (κ3) is 5.57. The van der Waals surface area contributed by atoms with Gasteiger partial charge in [0, 0.05) is 46.8 Å². The van der Waals surface area contributed by atoms with Crippen LogP contribution in [0.5, 0.6) is 5.75 Å². The van der Waals surface area contributed by atoms with Crippen LogP contribution < -0.4 is 4.74 Å². The fourth-order valence-corrected chi connectivity index (χ4v) is 6.48. The van der Waals surface area contributed by atoms with Crippen molar-refractivity contribution in [2.24, 2.45) is 0 Å². The van der Waals surface area contributed by atoms with Crippen molar-refractivity contribution in [3.05, 3.63) is 83.3 Å². The largest absolute Gasteiger partial charge is 0.493 e. The van der Waals surface area contributed by atoms with Gasteiger partial charge in [-0.3, -0.25) is 5.10 Å². The number of para-hydroxylation sites is 1. The molecule has 42 heavy (non-hydrogen) atoms. The van der Waals surface area contributed by atoms with Crippen molar-refractivity contribution in [1.82, 2.24) is 14.8 Å². The van der Waals surface area contributed by atoms with E-state index in [0.29, 0.717) is 45.1 Å². The van der Waals surface area contributed by atoms with E-state index in [2.05, 4.69) is 67.1 Å². The molecule has 3 aromatic carbocycles. The van der Waals surface area contributed by atoms with Crippen LogP contribution >= 0.6 is 15.9 Å². The van der Waals surface area contributed by atoms with E-state index >= 15 is 0 Å². The highest BCUT2D eigenvalue weighted by Crippen LogP contribution is 2.39. The van der Waals surface area contributed by atoms with Gasteiger partial charge in [-0.2, -0.15) is 5.10 Å². The van der Waals surface area contributed by atoms with Gasteiger partial charge < -0.3 is 18.8 Å². The van der Waals surface area contributed by atoms with Gasteiger partial charge in [0.15, 0.2) is 0 Å². The Hall–Kier alpha value is -3.62. The van der Waals surface area contributed by atoms with Crippen LogP contribution in [0.3, 0.4) is 0 Å². The fraction of sp³-hybridized carbons (Fsp3) is 0.353. The Bertz CT molecular complexity index is 1700. The number of alkyl halides is 1. The van der Waals surface area contributed by atoms with E-state index in [4.69, 9.17) is 14.2 Å². The lowest BCUT2D eigenvalue weighted by Gasteiger charge is -2.13. The lowest BCUT2D eigenvalue weighted by molar-refractivity contribution is 0.0512. The van der Waals surface area contributed by atoms with E-state index in [1.54, 1.807) is 0 Å². The number of benzene rings is 3. The summed E-state index contributed by atoms with van der Waals surface area (Å²) in [5.74, 6) is 0.607. The SMILES string of the molecule is CCOC(=O)c1c(CCCOc2cccc3ccccc23)c2cccc3c2n1CCCCOCc1[nH]nc(CCBr)c1-3. The van der Waals surface area contributed by atoms with Gasteiger partial charge in [0.05, 0.1) is 36.7 Å². The molecule has 1 N–H and O–H groups in total. The minimum atomic E-state index is -0.274. The standard InChI is InChI=1S/C34H36BrN3O4/c1-2-41-34(39)33-26(15-9-21-42-30-16-7-11-23-10-3-4-12-24(23)30)25-13-8-14-27-31-28(17-18-35)36-37-29(31)22-40-20-6-5-19-38(33)32(25)27/h3-4,7-8,10-14,16H,2,5-6,9,15,17-22H2,1H3,(H,36,37). The number of nitrogens with one attached hydrogen (secondary N) is 1. The maximum atomic E-state index is 13.6. The summed E-state index contributed by atoms with van der Waals surface area (Å²) >= 11 is 3.60. The molecule has 0 bridgehead atoms. The number of fused-ring (bicyclic) bond motifs is 3. The highest BCUT2D eigenvalue weighted by atomic mass is 79.9. The topological polar surface area (TPSA) is 78.4 Å². The number of ether oxygens (including phenoxy) is 3. The van der Waals surface area contributed by atoms with Gasteiger partial charge in [-0.15, -0.1) is 0 Å². The van der Waals surface area contributed by atoms with E-state index in [1.807, 2.05) is 31.2 Å². The van der Waals surface area contributed by atoms with Gasteiger partial charge in [0.25, 0.3) is 0 Å². The highest BCUT2D eigenvalue weighted by molar-refractivity contribution is 9.09. The molecule has 0 atom stereocenters. The number of carbonyl (C=O) groups is 1. The zero-order valence-corrected chi connectivity index (χ0v) is 25.5. The Balaban J connectivity index is 1.41. The van der Waals surface area contributed by atoms with Gasteiger partial charge in [-0.1, -0.05) is 70.5 Å². The van der Waals surface area contributed by atoms with Crippen molar-refractivity contribution in [2.45, 2.75) is 52.2 Å². The number of aromatic amines is 1. The maximum Gasteiger partial charge on any atom is 0.355 e. The molecule has 0 spiro atoms. The van der Waals surface area contributed by atoms with Crippen LogP contribution in [-0.4, -0.2) is 45.9 Å². The Kier molecular flexibility index (Phi) is 8.91. The summed E-state index contributed by atoms with van der Waals surface area (Å²) < 4.78 is 20.2. The van der Waals surface area contributed by atoms with Crippen molar-refractivity contribution >= 4 is 43.6 Å². The smallest absolute Gasteiger partial charge is 0.355 e. The van der Waals surface area contributed by atoms with E-state index < -0.39 is 0 Å². The fourth-order valence-electron chi connectivity index (χ4n) is 6.11. The van der Waals surface area contributed by atoms with Crippen molar-refractivity contribution in [1.29, 1.82) is 0 Å². The van der Waals surface area contributed by atoms with Gasteiger partial charge in [-0.25, -0.2) is 4.79 Å². The van der Waals surface area contributed by atoms with Gasteiger partial charge >= 0.3 is 5.97 Å². The van der Waals surface area contributed by atoms with Gasteiger partial charge in [0.2, 0.25) is 0 Å². The molecular formula is C34H36BrN3O4. The second kappa shape index (κ2) is 13.1. The van der Waals surface area contributed by atoms with Crippen LogP contribution in [0.1, 0.15) is 53.6 Å². The van der Waals surface area contributed by atoms with Crippen molar-refractivity contribution in [3.8, 4) is 16.9 Å². The third-order valence-corrected chi connectivity index (χ3v) is 8.31. The Labute approximate surface area is 254 Å². The minimum Gasteiger partial charge on any atom is -0.493 e. The molecule has 1 aliphatic rings. The zero-order valence-electron chi connectivity index (χ0n) is 24.0. The summed E-state index contributed by atoms with van der Waals surface area (Å²) in [7, 11) is 0. The van der Waals surface area contributed by atoms with Crippen LogP contribution in [0.15, 0.2) is 60.7 Å². The quantitative estimate of drug-likeness (QED) is 0.103. The lowest BCUT2D eigenvalue weighted by atomic mass is 9.97. The maximum absolute atomic E-state index is 13.6. The second-order valence-corrected chi connectivity index (χ2v) is 11.3. The van der Waals surface area contributed by atoms with E-state index in [9.17, 15) is 4.79 Å². The normalized spacial score (nSPS) is 13.6. The van der Waals surface area contributed by atoms with Crippen LogP contribution in [-0.2, 0) is 35.5 Å². The molecule has 8 heteroatoms. The number of nitrogens with zero attached hydrogens (tertiary/aromatic N) is 2. The van der Waals surface area contributed by atoms with Crippen LogP contribution in [0.4, 0.5) is 0 Å². The number of H-pyrrole nitrogens is 1. The van der Waals surface area contributed by atoms with Crippen molar-refractivity contribution in [2.75, 3.05) is 25.2 Å². The average Bonchev–Trinajstić information content (AvgIpc) is 3.54. The zero-order chi connectivity index (χ0) is 28.9. The molecule has 0 amide bonds. The van der Waals surface area contributed by atoms with Gasteiger partial charge in [0.1, 0.15) is 11.4 Å². The summed E-state index contributed by atoms with van der Waals surface area (Å²) in [6.07, 6.45) is 4.04. The first-order chi connectivity index (χ1) is 20.7. The molecule has 6 rings (SSSR count). The predicted octanol–water partition coefficient (Wildman–Crippen LogP) is 7.62. The second-order valence-electron chi connectivity index (χ2n) is 10.6. The van der Waals surface area contributed by atoms with Crippen molar-refractivity contribution in [3.63, 3.8) is 0 Å². The monoisotopic (exact) mass is 629 g/mol. The van der Waals surface area contributed by atoms with Crippen LogP contribution in [0.2, 0.25) is 0 Å². The Morgan fingerprint density at radius 2 is 1.88 bits per heavy atom. The molecule has 0 aliphatic carbocycles. The van der Waals surface area contributed by atoms with Gasteiger partial charge in [-0.05, 0) is 49.6 Å². The van der Waals surface area contributed by atoms with E-state index in [1.165, 1.54) is 0 Å². The molecule has 0 radical (unpaired) electrons. The number of hydrogen-bond acceptors (Lipinski definition) is 5. The molecule has 7 nitrogen and oxygen atoms in total. The van der Waals surface area contributed by atoms with E-state index in [-0.39, 0.29) is 5.97 Å². The molecule has 0 saturated heterocycles. The molecule has 218 valence electrons. The molecule has 1 aliphatic heterocycles. The molecule has 0 fully saturated rings. The summed E-state index contributed by atoms with van der Waals surface area (Å²) in [4.78, 5) is 13.6. The number of rotatable bonds is 9. The molecular weight excluding hydrogens is 594 g/mol. The van der Waals surface area contributed by atoms with Crippen LogP contribution in [0, 0.1) is 0 Å². The molecule has 0 unspecified atom stereocenters. The molecule has 5 aromatic rings. The van der Waals surface area contributed by atoms with Crippen molar-refractivity contribution < 1.29 is 19.0 Å². The number of esters is 1. The molecule has 2 aromatic heterocycles. The molecule has 0 saturated carbocycles. The number of hydrogen-bond donors (Lipinski definition) is 1. The molecule has 3 heterocycles. The predicted molar refractivity (Wildman–Crippen MR) is 170 cm³/mol.